The number of benzene rings is 1. The molecule has 1 amide bonds. The molecule has 19 heavy (non-hydrogen) atoms. The van der Waals surface area contributed by atoms with Crippen molar-refractivity contribution in [3.8, 4) is 0 Å². The molecule has 0 aliphatic heterocycles. The number of likely N-dealkylation sites (N-methyl/N-ethyl adjacent to an activating group) is 1. The van der Waals surface area contributed by atoms with Crippen molar-refractivity contribution in [3.63, 3.8) is 0 Å². The standard InChI is InChI=1S/C12H16BrN3O3/c1-8(15(2)3)7-14-12(17)9-5-4-6-10(11(9)13)16(18)19/h4-6,8H,7H2,1-3H3,(H,14,17). The van der Waals surface area contributed by atoms with Crippen LogP contribution >= 0.6 is 15.9 Å². The lowest BCUT2D eigenvalue weighted by molar-refractivity contribution is -0.385. The maximum Gasteiger partial charge on any atom is 0.284 e. The molecule has 1 unspecified atom stereocenters. The van der Waals surface area contributed by atoms with Crippen LogP contribution in [0.15, 0.2) is 22.7 Å². The summed E-state index contributed by atoms with van der Waals surface area (Å²) in [5, 5.41) is 13.5. The average molecular weight is 330 g/mol. The highest BCUT2D eigenvalue weighted by Crippen LogP contribution is 2.28. The number of rotatable bonds is 5. The zero-order valence-electron chi connectivity index (χ0n) is 11.0. The van der Waals surface area contributed by atoms with Crippen molar-refractivity contribution >= 4 is 27.5 Å². The normalized spacial score (nSPS) is 12.3. The second kappa shape index (κ2) is 6.63. The van der Waals surface area contributed by atoms with Crippen LogP contribution in [0.5, 0.6) is 0 Å². The Bertz CT molecular complexity index is 491. The fraction of sp³-hybridized carbons (Fsp3) is 0.417. The molecule has 1 N–H and O–H groups in total. The van der Waals surface area contributed by atoms with Gasteiger partial charge in [-0.25, -0.2) is 0 Å². The molecule has 104 valence electrons. The summed E-state index contributed by atoms with van der Waals surface area (Å²) >= 11 is 3.11. The summed E-state index contributed by atoms with van der Waals surface area (Å²) in [6.07, 6.45) is 0. The van der Waals surface area contributed by atoms with E-state index in [2.05, 4.69) is 21.2 Å². The molecular formula is C12H16BrN3O3. The van der Waals surface area contributed by atoms with Gasteiger partial charge in [0.05, 0.1) is 10.5 Å². The predicted molar refractivity (Wildman–Crippen MR) is 76.3 cm³/mol. The largest absolute Gasteiger partial charge is 0.350 e. The molecule has 0 saturated carbocycles. The lowest BCUT2D eigenvalue weighted by Gasteiger charge is -2.20. The monoisotopic (exact) mass is 329 g/mol. The minimum atomic E-state index is -0.524. The van der Waals surface area contributed by atoms with Gasteiger partial charge in [-0.2, -0.15) is 0 Å². The third-order valence-electron chi connectivity index (χ3n) is 2.86. The molecule has 1 atom stereocenters. The molecule has 0 saturated heterocycles. The second-order valence-corrected chi connectivity index (χ2v) is 5.21. The molecule has 1 rings (SSSR count). The van der Waals surface area contributed by atoms with Crippen LogP contribution in [0.3, 0.4) is 0 Å². The molecule has 0 bridgehead atoms. The highest BCUT2D eigenvalue weighted by atomic mass is 79.9. The molecule has 0 aliphatic carbocycles. The molecule has 6 nitrogen and oxygen atoms in total. The molecule has 0 aromatic heterocycles. The maximum absolute atomic E-state index is 12.0. The molecule has 0 spiro atoms. The van der Waals surface area contributed by atoms with E-state index >= 15 is 0 Å². The van der Waals surface area contributed by atoms with Gasteiger partial charge in [0.1, 0.15) is 4.47 Å². The van der Waals surface area contributed by atoms with E-state index < -0.39 is 4.92 Å². The van der Waals surface area contributed by atoms with Gasteiger partial charge in [-0.3, -0.25) is 14.9 Å². The summed E-state index contributed by atoms with van der Waals surface area (Å²) in [5.74, 6) is -0.329. The third kappa shape index (κ3) is 4.00. The van der Waals surface area contributed by atoms with Crippen molar-refractivity contribution in [1.29, 1.82) is 0 Å². The van der Waals surface area contributed by atoms with E-state index in [1.807, 2.05) is 25.9 Å². The van der Waals surface area contributed by atoms with Gasteiger partial charge in [0.2, 0.25) is 0 Å². The van der Waals surface area contributed by atoms with Crippen LogP contribution in [-0.2, 0) is 0 Å². The van der Waals surface area contributed by atoms with E-state index in [4.69, 9.17) is 0 Å². The Kier molecular flexibility index (Phi) is 5.44. The van der Waals surface area contributed by atoms with Gasteiger partial charge in [-0.15, -0.1) is 0 Å². The first-order valence-corrected chi connectivity index (χ1v) is 6.51. The van der Waals surface area contributed by atoms with Gasteiger partial charge in [0, 0.05) is 18.7 Å². The number of nitro benzene ring substituents is 1. The Morgan fingerprint density at radius 1 is 1.53 bits per heavy atom. The van der Waals surface area contributed by atoms with Crippen LogP contribution < -0.4 is 5.32 Å². The summed E-state index contributed by atoms with van der Waals surface area (Å²) in [5.41, 5.74) is 0.147. The van der Waals surface area contributed by atoms with E-state index in [1.54, 1.807) is 6.07 Å². The van der Waals surface area contributed by atoms with Gasteiger partial charge in [-0.1, -0.05) is 6.07 Å². The minimum Gasteiger partial charge on any atom is -0.350 e. The number of carbonyl (C=O) groups is 1. The van der Waals surface area contributed by atoms with Gasteiger partial charge < -0.3 is 10.2 Å². The quantitative estimate of drug-likeness (QED) is 0.662. The van der Waals surface area contributed by atoms with Crippen molar-refractivity contribution in [2.45, 2.75) is 13.0 Å². The first kappa shape index (κ1) is 15.6. The SMILES string of the molecule is CC(CNC(=O)c1cccc([N+](=O)[O-])c1Br)N(C)C. The van der Waals surface area contributed by atoms with Crippen molar-refractivity contribution in [2.24, 2.45) is 0 Å². The fourth-order valence-electron chi connectivity index (χ4n) is 1.35. The van der Waals surface area contributed by atoms with Crippen molar-refractivity contribution < 1.29 is 9.72 Å². The number of hydrogen-bond donors (Lipinski definition) is 1. The topological polar surface area (TPSA) is 75.5 Å². The predicted octanol–water partition coefficient (Wildman–Crippen LogP) is 2.04. The van der Waals surface area contributed by atoms with Crippen LogP contribution in [-0.4, -0.2) is 42.4 Å². The molecular weight excluding hydrogens is 314 g/mol. The van der Waals surface area contributed by atoms with Gasteiger partial charge >= 0.3 is 0 Å². The van der Waals surface area contributed by atoms with Crippen LogP contribution in [0.1, 0.15) is 17.3 Å². The molecule has 1 aromatic rings. The number of hydrogen-bond acceptors (Lipinski definition) is 4. The first-order chi connectivity index (χ1) is 8.84. The summed E-state index contributed by atoms with van der Waals surface area (Å²) < 4.78 is 0.204. The zero-order chi connectivity index (χ0) is 14.6. The van der Waals surface area contributed by atoms with Crippen molar-refractivity contribution in [1.82, 2.24) is 10.2 Å². The highest BCUT2D eigenvalue weighted by molar-refractivity contribution is 9.10. The third-order valence-corrected chi connectivity index (χ3v) is 3.69. The van der Waals surface area contributed by atoms with E-state index in [0.717, 1.165) is 0 Å². The van der Waals surface area contributed by atoms with Crippen LogP contribution in [0, 0.1) is 10.1 Å². The Labute approximate surface area is 120 Å². The number of carbonyl (C=O) groups excluding carboxylic acids is 1. The number of nitrogens with zero attached hydrogens (tertiary/aromatic N) is 2. The molecule has 7 heteroatoms. The van der Waals surface area contributed by atoms with Crippen LogP contribution in [0.4, 0.5) is 5.69 Å². The Morgan fingerprint density at radius 3 is 2.68 bits per heavy atom. The molecule has 1 aromatic carbocycles. The Balaban J connectivity index is 2.83. The first-order valence-electron chi connectivity index (χ1n) is 5.72. The number of amides is 1. The molecule has 0 radical (unpaired) electrons. The number of halogens is 1. The van der Waals surface area contributed by atoms with E-state index in [0.29, 0.717) is 6.54 Å². The molecule has 0 heterocycles. The van der Waals surface area contributed by atoms with Crippen molar-refractivity contribution in [2.75, 3.05) is 20.6 Å². The summed E-state index contributed by atoms with van der Waals surface area (Å²) in [6, 6.07) is 4.57. The van der Waals surface area contributed by atoms with Crippen LogP contribution in [0.2, 0.25) is 0 Å². The average Bonchev–Trinajstić information content (AvgIpc) is 2.35. The molecule has 0 aliphatic rings. The zero-order valence-corrected chi connectivity index (χ0v) is 12.6. The van der Waals surface area contributed by atoms with Crippen LogP contribution in [0.25, 0.3) is 0 Å². The number of nitro groups is 1. The van der Waals surface area contributed by atoms with Gasteiger partial charge in [0.25, 0.3) is 11.6 Å². The van der Waals surface area contributed by atoms with Crippen molar-refractivity contribution in [3.05, 3.63) is 38.3 Å². The summed E-state index contributed by atoms with van der Waals surface area (Å²) in [7, 11) is 3.83. The summed E-state index contributed by atoms with van der Waals surface area (Å²) in [4.78, 5) is 24.2. The molecule has 0 fully saturated rings. The van der Waals surface area contributed by atoms with E-state index in [-0.39, 0.29) is 27.7 Å². The number of nitrogens with one attached hydrogen (secondary N) is 1. The lowest BCUT2D eigenvalue weighted by atomic mass is 10.2. The lowest BCUT2D eigenvalue weighted by Crippen LogP contribution is -2.38. The van der Waals surface area contributed by atoms with Gasteiger partial charge in [0.15, 0.2) is 0 Å². The highest BCUT2D eigenvalue weighted by Gasteiger charge is 2.19. The summed E-state index contributed by atoms with van der Waals surface area (Å²) in [6.45, 7) is 2.45. The van der Waals surface area contributed by atoms with E-state index in [9.17, 15) is 14.9 Å². The second-order valence-electron chi connectivity index (χ2n) is 4.42. The van der Waals surface area contributed by atoms with E-state index in [1.165, 1.54) is 12.1 Å². The minimum absolute atomic E-state index is 0.117. The Hall–Kier alpha value is -1.47. The fourth-order valence-corrected chi connectivity index (χ4v) is 1.94. The smallest absolute Gasteiger partial charge is 0.284 e. The maximum atomic E-state index is 12.0. The van der Waals surface area contributed by atoms with Gasteiger partial charge in [-0.05, 0) is 43.0 Å². The Morgan fingerprint density at radius 2 is 2.16 bits per heavy atom.